The zero-order valence-electron chi connectivity index (χ0n) is 14.4. The highest BCUT2D eigenvalue weighted by atomic mass is 35.5. The van der Waals surface area contributed by atoms with E-state index in [9.17, 15) is 0 Å². The van der Waals surface area contributed by atoms with Crippen LogP contribution in [0.2, 0.25) is 5.15 Å². The van der Waals surface area contributed by atoms with Crippen molar-refractivity contribution >= 4 is 23.1 Å². The number of halogens is 1. The summed E-state index contributed by atoms with van der Waals surface area (Å²) in [5, 5.41) is 16.7. The highest BCUT2D eigenvalue weighted by molar-refractivity contribution is 6.32. The summed E-state index contributed by atoms with van der Waals surface area (Å²) in [4.78, 5) is 8.43. The molecule has 9 heteroatoms. The molecule has 2 aliphatic rings. The van der Waals surface area contributed by atoms with Gasteiger partial charge in [-0.1, -0.05) is 18.0 Å². The molecule has 1 saturated heterocycles. The number of hydrogen-bond acceptors (Lipinski definition) is 7. The van der Waals surface area contributed by atoms with E-state index in [4.69, 9.17) is 27.2 Å². The van der Waals surface area contributed by atoms with E-state index < -0.39 is 0 Å². The van der Waals surface area contributed by atoms with E-state index in [1.54, 1.807) is 10.7 Å². The van der Waals surface area contributed by atoms with Crippen LogP contribution in [-0.4, -0.2) is 57.6 Å². The predicted molar refractivity (Wildman–Crippen MR) is 95.7 cm³/mol. The van der Waals surface area contributed by atoms with Gasteiger partial charge < -0.3 is 20.9 Å². The number of ether oxygens (including phenoxy) is 1. The van der Waals surface area contributed by atoms with Gasteiger partial charge in [-0.25, -0.2) is 14.5 Å². The number of likely N-dealkylation sites (N-methyl/N-ethyl adjacent to an activating group) is 1. The minimum Gasteiger partial charge on any atom is -0.391 e. The molecule has 3 heterocycles. The van der Waals surface area contributed by atoms with Gasteiger partial charge in [0.1, 0.15) is 11.3 Å². The fraction of sp³-hybridized carbons (Fsp3) is 0.688. The van der Waals surface area contributed by atoms with Gasteiger partial charge in [0, 0.05) is 18.6 Å². The van der Waals surface area contributed by atoms with Crippen molar-refractivity contribution in [1.29, 1.82) is 0 Å². The van der Waals surface area contributed by atoms with Crippen LogP contribution in [-0.2, 0) is 10.2 Å². The predicted octanol–water partition coefficient (Wildman–Crippen LogP) is 1.16. The number of aliphatic hydroxyl groups excluding tert-OH is 1. The zero-order chi connectivity index (χ0) is 17.9. The lowest BCUT2D eigenvalue weighted by molar-refractivity contribution is -0.00535. The molecule has 25 heavy (non-hydrogen) atoms. The summed E-state index contributed by atoms with van der Waals surface area (Å²) in [6, 6.07) is 0. The lowest BCUT2D eigenvalue weighted by Gasteiger charge is -2.40. The Morgan fingerprint density at radius 2 is 2.28 bits per heavy atom. The first-order valence-electron chi connectivity index (χ1n) is 8.63. The fourth-order valence-corrected chi connectivity index (χ4v) is 3.56. The van der Waals surface area contributed by atoms with Crippen LogP contribution in [0.3, 0.4) is 0 Å². The molecule has 0 spiro atoms. The van der Waals surface area contributed by atoms with Gasteiger partial charge in [-0.3, -0.25) is 0 Å². The number of aliphatic hydroxyl groups is 1. The average Bonchev–Trinajstić information content (AvgIpc) is 2.89. The van der Waals surface area contributed by atoms with Crippen LogP contribution < -0.4 is 11.1 Å². The number of nitrogens with two attached hydrogens (primary N) is 1. The molecule has 4 N–H and O–H groups in total. The first-order valence-corrected chi connectivity index (χ1v) is 9.01. The van der Waals surface area contributed by atoms with E-state index in [1.165, 1.54) is 6.42 Å². The standard InChI is InChI=1S/C11H15ClN6.C5H10O2/c1-14-6-11(3-2-4-11)9-16-8(12)7-5-15-10(13)17-18(7)9;6-5-2-1-3-7-4-5/h5,14H,2-4,6H2,1H3,(H2,13,17);5-6H,1-4H2. The first-order chi connectivity index (χ1) is 12.1. The van der Waals surface area contributed by atoms with Crippen LogP contribution in [0.4, 0.5) is 5.95 Å². The van der Waals surface area contributed by atoms with Gasteiger partial charge in [-0.15, -0.1) is 5.10 Å². The molecule has 2 aromatic heterocycles. The number of nitrogen functional groups attached to an aromatic ring is 1. The highest BCUT2D eigenvalue weighted by Crippen LogP contribution is 2.43. The molecular weight excluding hydrogens is 344 g/mol. The quantitative estimate of drug-likeness (QED) is 0.745. The van der Waals surface area contributed by atoms with Crippen molar-refractivity contribution in [2.45, 2.75) is 43.6 Å². The van der Waals surface area contributed by atoms with Crippen molar-refractivity contribution in [2.24, 2.45) is 0 Å². The summed E-state index contributed by atoms with van der Waals surface area (Å²) < 4.78 is 6.67. The van der Waals surface area contributed by atoms with Gasteiger partial charge in [0.2, 0.25) is 5.95 Å². The van der Waals surface area contributed by atoms with Crippen LogP contribution >= 0.6 is 11.6 Å². The molecule has 0 aromatic carbocycles. The summed E-state index contributed by atoms with van der Waals surface area (Å²) in [6.45, 7) is 2.24. The van der Waals surface area contributed by atoms with Crippen molar-refractivity contribution in [3.8, 4) is 0 Å². The Kier molecular flexibility index (Phi) is 5.73. The summed E-state index contributed by atoms with van der Waals surface area (Å²) in [5.41, 5.74) is 6.38. The molecule has 2 aromatic rings. The van der Waals surface area contributed by atoms with Gasteiger partial charge in [-0.2, -0.15) is 0 Å². The zero-order valence-corrected chi connectivity index (χ0v) is 15.2. The van der Waals surface area contributed by atoms with Gasteiger partial charge in [-0.05, 0) is 32.7 Å². The maximum absolute atomic E-state index is 8.78. The molecule has 1 saturated carbocycles. The minimum absolute atomic E-state index is 0.0194. The van der Waals surface area contributed by atoms with Crippen molar-refractivity contribution in [3.05, 3.63) is 17.2 Å². The number of fused-ring (bicyclic) bond motifs is 1. The normalized spacial score (nSPS) is 22.1. The minimum atomic E-state index is -0.186. The van der Waals surface area contributed by atoms with Crippen LogP contribution in [0.15, 0.2) is 6.20 Å². The van der Waals surface area contributed by atoms with Crippen molar-refractivity contribution in [3.63, 3.8) is 0 Å². The van der Waals surface area contributed by atoms with Crippen LogP contribution in [0.25, 0.3) is 5.52 Å². The molecule has 1 atom stereocenters. The van der Waals surface area contributed by atoms with E-state index in [0.29, 0.717) is 17.3 Å². The summed E-state index contributed by atoms with van der Waals surface area (Å²) >= 11 is 6.14. The molecule has 0 amide bonds. The van der Waals surface area contributed by atoms with Gasteiger partial charge in [0.15, 0.2) is 5.15 Å². The average molecular weight is 369 g/mol. The van der Waals surface area contributed by atoms with E-state index in [0.717, 1.165) is 44.7 Å². The molecule has 4 rings (SSSR count). The topological polar surface area (TPSA) is 111 Å². The smallest absolute Gasteiger partial charge is 0.238 e. The molecule has 0 radical (unpaired) electrons. The molecule has 1 aliphatic heterocycles. The van der Waals surface area contributed by atoms with Crippen LogP contribution in [0.1, 0.15) is 37.9 Å². The Bertz CT molecular complexity index is 712. The van der Waals surface area contributed by atoms with E-state index in [1.807, 2.05) is 7.05 Å². The maximum Gasteiger partial charge on any atom is 0.238 e. The second kappa shape index (κ2) is 7.82. The number of anilines is 1. The molecule has 2 fully saturated rings. The van der Waals surface area contributed by atoms with Crippen molar-refractivity contribution in [1.82, 2.24) is 24.9 Å². The third kappa shape index (κ3) is 3.87. The Balaban J connectivity index is 0.000000219. The fourth-order valence-electron chi connectivity index (χ4n) is 3.35. The van der Waals surface area contributed by atoms with Crippen molar-refractivity contribution in [2.75, 3.05) is 32.5 Å². The summed E-state index contributed by atoms with van der Waals surface area (Å²) in [5.74, 6) is 1.12. The van der Waals surface area contributed by atoms with Crippen LogP contribution in [0, 0.1) is 0 Å². The molecule has 0 bridgehead atoms. The third-order valence-electron chi connectivity index (χ3n) is 4.80. The number of rotatable bonds is 3. The molecule has 1 aliphatic carbocycles. The monoisotopic (exact) mass is 368 g/mol. The Morgan fingerprint density at radius 1 is 1.48 bits per heavy atom. The molecule has 8 nitrogen and oxygen atoms in total. The summed E-state index contributed by atoms with van der Waals surface area (Å²) in [6.07, 6.45) is 6.75. The van der Waals surface area contributed by atoms with Crippen LogP contribution in [0.5, 0.6) is 0 Å². The lowest BCUT2D eigenvalue weighted by Crippen LogP contribution is -2.44. The highest BCUT2D eigenvalue weighted by Gasteiger charge is 2.42. The number of nitrogens with one attached hydrogen (secondary N) is 1. The number of nitrogens with zero attached hydrogens (tertiary/aromatic N) is 4. The SMILES string of the molecule is CNCC1(c2nc(Cl)c3cnc(N)nn23)CCC1.OC1CCCOC1. The lowest BCUT2D eigenvalue weighted by atomic mass is 9.68. The van der Waals surface area contributed by atoms with Gasteiger partial charge in [0.05, 0.1) is 18.9 Å². The second-order valence-electron chi connectivity index (χ2n) is 6.67. The largest absolute Gasteiger partial charge is 0.391 e. The van der Waals surface area contributed by atoms with E-state index in [2.05, 4.69) is 20.4 Å². The van der Waals surface area contributed by atoms with Gasteiger partial charge >= 0.3 is 0 Å². The molecular formula is C16H25ClN6O2. The van der Waals surface area contributed by atoms with Gasteiger partial charge in [0.25, 0.3) is 0 Å². The molecule has 1 unspecified atom stereocenters. The second-order valence-corrected chi connectivity index (χ2v) is 7.03. The number of imidazole rings is 1. The number of hydrogen-bond donors (Lipinski definition) is 3. The van der Waals surface area contributed by atoms with E-state index >= 15 is 0 Å². The molecule has 138 valence electrons. The summed E-state index contributed by atoms with van der Waals surface area (Å²) in [7, 11) is 1.95. The Hall–Kier alpha value is -1.48. The Labute approximate surface area is 151 Å². The number of aromatic nitrogens is 4. The first kappa shape index (κ1) is 18.3. The Morgan fingerprint density at radius 3 is 2.80 bits per heavy atom. The third-order valence-corrected chi connectivity index (χ3v) is 5.08. The maximum atomic E-state index is 8.78. The van der Waals surface area contributed by atoms with E-state index in [-0.39, 0.29) is 17.5 Å². The van der Waals surface area contributed by atoms with Crippen molar-refractivity contribution < 1.29 is 9.84 Å².